The minimum atomic E-state index is -0.467. The Hall–Kier alpha value is -1.71. The zero-order valence-corrected chi connectivity index (χ0v) is 11.0. The standard InChI is InChI=1S/C13H19NO3/c1-13(2,3)14(15)9-10-6-7-11(16-4)8-12(10)17-5/h6-9H,1-5H3/b14-9-. The van der Waals surface area contributed by atoms with Crippen LogP contribution in [0.3, 0.4) is 0 Å². The van der Waals surface area contributed by atoms with Crippen LogP contribution in [0.15, 0.2) is 18.2 Å². The average molecular weight is 237 g/mol. The predicted molar refractivity (Wildman–Crippen MR) is 68.1 cm³/mol. The Kier molecular flexibility index (Phi) is 3.99. The Morgan fingerprint density at radius 2 is 1.82 bits per heavy atom. The van der Waals surface area contributed by atoms with Crippen molar-refractivity contribution in [3.63, 3.8) is 0 Å². The fraction of sp³-hybridized carbons (Fsp3) is 0.462. The molecule has 0 aliphatic carbocycles. The third kappa shape index (κ3) is 3.37. The first-order valence-corrected chi connectivity index (χ1v) is 5.42. The average Bonchev–Trinajstić information content (AvgIpc) is 2.28. The van der Waals surface area contributed by atoms with Gasteiger partial charge in [-0.15, -0.1) is 0 Å². The van der Waals surface area contributed by atoms with E-state index in [1.54, 1.807) is 32.4 Å². The molecule has 0 aliphatic heterocycles. The molecule has 0 atom stereocenters. The van der Waals surface area contributed by atoms with E-state index >= 15 is 0 Å². The number of hydrogen-bond acceptors (Lipinski definition) is 3. The number of rotatable bonds is 3. The molecule has 0 heterocycles. The van der Waals surface area contributed by atoms with Crippen molar-refractivity contribution in [2.45, 2.75) is 26.3 Å². The summed E-state index contributed by atoms with van der Waals surface area (Å²) in [5, 5.41) is 11.8. The van der Waals surface area contributed by atoms with Gasteiger partial charge in [0.25, 0.3) is 0 Å². The molecule has 17 heavy (non-hydrogen) atoms. The number of ether oxygens (including phenoxy) is 2. The lowest BCUT2D eigenvalue weighted by molar-refractivity contribution is -0.530. The van der Waals surface area contributed by atoms with Gasteiger partial charge in [0.1, 0.15) is 11.5 Å². The maximum atomic E-state index is 11.8. The maximum Gasteiger partial charge on any atom is 0.186 e. The van der Waals surface area contributed by atoms with E-state index in [9.17, 15) is 5.21 Å². The monoisotopic (exact) mass is 237 g/mol. The highest BCUT2D eigenvalue weighted by molar-refractivity contribution is 5.80. The van der Waals surface area contributed by atoms with E-state index in [0.717, 1.165) is 10.3 Å². The summed E-state index contributed by atoms with van der Waals surface area (Å²) in [5.74, 6) is 1.32. The van der Waals surface area contributed by atoms with Crippen molar-refractivity contribution in [2.24, 2.45) is 0 Å². The molecule has 0 spiro atoms. The fourth-order valence-electron chi connectivity index (χ4n) is 1.25. The zero-order chi connectivity index (χ0) is 13.1. The van der Waals surface area contributed by atoms with E-state index in [1.807, 2.05) is 20.8 Å². The highest BCUT2D eigenvalue weighted by atomic mass is 16.5. The molecule has 0 radical (unpaired) electrons. The molecule has 0 aromatic heterocycles. The van der Waals surface area contributed by atoms with Crippen LogP contribution in [0.25, 0.3) is 0 Å². The van der Waals surface area contributed by atoms with Crippen LogP contribution < -0.4 is 9.47 Å². The number of nitrogens with zero attached hydrogens (tertiary/aromatic N) is 1. The molecule has 0 aliphatic rings. The molecule has 1 aromatic rings. The number of methoxy groups -OCH3 is 2. The summed E-state index contributed by atoms with van der Waals surface area (Å²) in [6.45, 7) is 5.56. The SMILES string of the molecule is COc1ccc(/C=[N+](\[O-])C(C)(C)C)c(OC)c1. The van der Waals surface area contributed by atoms with Crippen molar-refractivity contribution in [1.29, 1.82) is 0 Å². The molecule has 0 N–H and O–H groups in total. The largest absolute Gasteiger partial charge is 0.623 e. The quantitative estimate of drug-likeness (QED) is 0.351. The smallest absolute Gasteiger partial charge is 0.186 e. The molecule has 1 rings (SSSR count). The molecule has 0 fully saturated rings. The Balaban J connectivity index is 3.15. The van der Waals surface area contributed by atoms with Gasteiger partial charge >= 0.3 is 0 Å². The van der Waals surface area contributed by atoms with E-state index in [1.165, 1.54) is 6.21 Å². The highest BCUT2D eigenvalue weighted by Crippen LogP contribution is 2.23. The zero-order valence-electron chi connectivity index (χ0n) is 11.0. The van der Waals surface area contributed by atoms with Crippen LogP contribution >= 0.6 is 0 Å². The van der Waals surface area contributed by atoms with Gasteiger partial charge in [0.2, 0.25) is 0 Å². The number of hydroxylamine groups is 1. The van der Waals surface area contributed by atoms with Gasteiger partial charge in [0, 0.05) is 26.8 Å². The normalized spacial score (nSPS) is 12.4. The van der Waals surface area contributed by atoms with Gasteiger partial charge < -0.3 is 14.7 Å². The summed E-state index contributed by atoms with van der Waals surface area (Å²) in [5.41, 5.74) is 0.267. The lowest BCUT2D eigenvalue weighted by Crippen LogP contribution is -2.29. The molecule has 0 saturated heterocycles. The van der Waals surface area contributed by atoms with Crippen LogP contribution in [0.4, 0.5) is 0 Å². The predicted octanol–water partition coefficient (Wildman–Crippen LogP) is 2.43. The summed E-state index contributed by atoms with van der Waals surface area (Å²) in [7, 11) is 3.16. The Bertz CT molecular complexity index is 419. The van der Waals surface area contributed by atoms with Crippen LogP contribution in [0.5, 0.6) is 11.5 Å². The van der Waals surface area contributed by atoms with Crippen molar-refractivity contribution < 1.29 is 14.2 Å². The van der Waals surface area contributed by atoms with Crippen molar-refractivity contribution in [3.05, 3.63) is 29.0 Å². The van der Waals surface area contributed by atoms with E-state index < -0.39 is 5.54 Å². The summed E-state index contributed by atoms with van der Waals surface area (Å²) in [4.78, 5) is 0. The molecule has 0 bridgehead atoms. The Morgan fingerprint density at radius 1 is 1.18 bits per heavy atom. The fourth-order valence-corrected chi connectivity index (χ4v) is 1.25. The molecule has 94 valence electrons. The minimum absolute atomic E-state index is 0.467. The molecule has 4 nitrogen and oxygen atoms in total. The summed E-state index contributed by atoms with van der Waals surface area (Å²) < 4.78 is 11.2. The van der Waals surface area contributed by atoms with E-state index in [2.05, 4.69) is 0 Å². The summed E-state index contributed by atoms with van der Waals surface area (Å²) in [6, 6.07) is 5.35. The molecule has 0 amide bonds. The van der Waals surface area contributed by atoms with Crippen LogP contribution in [-0.4, -0.2) is 30.7 Å². The second-order valence-electron chi connectivity index (χ2n) is 4.73. The van der Waals surface area contributed by atoms with Crippen LogP contribution in [0.1, 0.15) is 26.3 Å². The Labute approximate surface area is 102 Å². The van der Waals surface area contributed by atoms with Gasteiger partial charge in [-0.3, -0.25) is 0 Å². The number of benzene rings is 1. The number of hydrogen-bond donors (Lipinski definition) is 0. The minimum Gasteiger partial charge on any atom is -0.623 e. The van der Waals surface area contributed by atoms with Crippen LogP contribution in [0.2, 0.25) is 0 Å². The molecule has 4 heteroatoms. The van der Waals surface area contributed by atoms with Crippen molar-refractivity contribution in [1.82, 2.24) is 0 Å². The van der Waals surface area contributed by atoms with Crippen LogP contribution in [-0.2, 0) is 0 Å². The third-order valence-corrected chi connectivity index (χ3v) is 2.36. The topological polar surface area (TPSA) is 44.5 Å². The summed E-state index contributed by atoms with van der Waals surface area (Å²) in [6.07, 6.45) is 1.53. The van der Waals surface area contributed by atoms with Crippen molar-refractivity contribution >= 4 is 6.21 Å². The van der Waals surface area contributed by atoms with Gasteiger partial charge in [0.05, 0.1) is 19.8 Å². The first-order valence-electron chi connectivity index (χ1n) is 5.42. The van der Waals surface area contributed by atoms with E-state index in [0.29, 0.717) is 11.5 Å². The second kappa shape index (κ2) is 5.08. The van der Waals surface area contributed by atoms with E-state index in [4.69, 9.17) is 9.47 Å². The van der Waals surface area contributed by atoms with Crippen LogP contribution in [0, 0.1) is 5.21 Å². The third-order valence-electron chi connectivity index (χ3n) is 2.36. The summed E-state index contributed by atoms with van der Waals surface area (Å²) >= 11 is 0. The lowest BCUT2D eigenvalue weighted by atomic mass is 10.1. The maximum absolute atomic E-state index is 11.8. The van der Waals surface area contributed by atoms with Gasteiger partial charge in [-0.2, -0.15) is 0 Å². The molecule has 0 saturated carbocycles. The molecular formula is C13H19NO3. The van der Waals surface area contributed by atoms with Gasteiger partial charge in [-0.1, -0.05) is 0 Å². The van der Waals surface area contributed by atoms with Crippen molar-refractivity contribution in [3.8, 4) is 11.5 Å². The first kappa shape index (κ1) is 13.4. The Morgan fingerprint density at radius 3 is 2.29 bits per heavy atom. The van der Waals surface area contributed by atoms with E-state index in [-0.39, 0.29) is 0 Å². The highest BCUT2D eigenvalue weighted by Gasteiger charge is 2.19. The lowest BCUT2D eigenvalue weighted by Gasteiger charge is -2.19. The molecule has 1 aromatic carbocycles. The van der Waals surface area contributed by atoms with Crippen molar-refractivity contribution in [2.75, 3.05) is 14.2 Å². The second-order valence-corrected chi connectivity index (χ2v) is 4.73. The molecule has 0 unspecified atom stereocenters. The van der Waals surface area contributed by atoms with Gasteiger partial charge in [0.15, 0.2) is 11.8 Å². The first-order chi connectivity index (χ1) is 7.88. The molecular weight excluding hydrogens is 218 g/mol. The van der Waals surface area contributed by atoms with Gasteiger partial charge in [-0.05, 0) is 12.1 Å². The van der Waals surface area contributed by atoms with Gasteiger partial charge in [-0.25, -0.2) is 4.74 Å².